The van der Waals surface area contributed by atoms with E-state index in [2.05, 4.69) is 9.88 Å². The van der Waals surface area contributed by atoms with Gasteiger partial charge in [-0.15, -0.1) is 0 Å². The van der Waals surface area contributed by atoms with Gasteiger partial charge in [-0.05, 0) is 39.1 Å². The molecular weight excluding hydrogens is 254 g/mol. The van der Waals surface area contributed by atoms with Gasteiger partial charge in [0.15, 0.2) is 0 Å². The van der Waals surface area contributed by atoms with E-state index in [1.54, 1.807) is 12.3 Å². The maximum absolute atomic E-state index is 12.5. The zero-order valence-corrected chi connectivity index (χ0v) is 12.3. The van der Waals surface area contributed by atoms with E-state index < -0.39 is 0 Å². The van der Waals surface area contributed by atoms with Crippen molar-refractivity contribution in [3.8, 4) is 0 Å². The molecule has 0 N–H and O–H groups in total. The van der Waals surface area contributed by atoms with E-state index in [9.17, 15) is 4.79 Å². The lowest BCUT2D eigenvalue weighted by Gasteiger charge is -2.26. The van der Waals surface area contributed by atoms with Gasteiger partial charge in [0, 0.05) is 32.4 Å². The average molecular weight is 277 g/mol. The molecule has 0 bridgehead atoms. The molecule has 20 heavy (non-hydrogen) atoms. The Kier molecular flexibility index (Phi) is 5.49. The van der Waals surface area contributed by atoms with Gasteiger partial charge in [0.25, 0.3) is 5.91 Å². The second-order valence-electron chi connectivity index (χ2n) is 5.40. The van der Waals surface area contributed by atoms with Crippen molar-refractivity contribution in [3.63, 3.8) is 0 Å². The molecule has 1 saturated heterocycles. The van der Waals surface area contributed by atoms with Crippen LogP contribution in [-0.2, 0) is 4.74 Å². The molecule has 0 unspecified atom stereocenters. The van der Waals surface area contributed by atoms with Gasteiger partial charge in [-0.3, -0.25) is 9.78 Å². The van der Waals surface area contributed by atoms with Crippen LogP contribution in [0.2, 0.25) is 0 Å². The second kappa shape index (κ2) is 7.36. The van der Waals surface area contributed by atoms with E-state index in [4.69, 9.17) is 4.74 Å². The molecule has 1 aliphatic rings. The first-order valence-corrected chi connectivity index (χ1v) is 7.13. The minimum absolute atomic E-state index is 0.0112. The number of likely N-dealkylation sites (N-methyl/N-ethyl adjacent to an activating group) is 1. The molecular formula is C15H23N3O2. The van der Waals surface area contributed by atoms with Crippen molar-refractivity contribution in [3.05, 3.63) is 30.1 Å². The zero-order valence-electron chi connectivity index (χ0n) is 12.3. The minimum Gasteiger partial charge on any atom is -0.376 e. The van der Waals surface area contributed by atoms with Crippen LogP contribution in [0.1, 0.15) is 23.3 Å². The van der Waals surface area contributed by atoms with Crippen LogP contribution in [0.15, 0.2) is 24.4 Å². The fourth-order valence-electron chi connectivity index (χ4n) is 2.28. The molecule has 0 aromatic carbocycles. The Morgan fingerprint density at radius 2 is 2.25 bits per heavy atom. The molecule has 0 radical (unpaired) electrons. The Balaban J connectivity index is 2.02. The highest BCUT2D eigenvalue weighted by Crippen LogP contribution is 2.14. The molecule has 5 nitrogen and oxygen atoms in total. The summed E-state index contributed by atoms with van der Waals surface area (Å²) in [6.07, 6.45) is 3.95. The lowest BCUT2D eigenvalue weighted by molar-refractivity contribution is 0.0508. The number of carbonyl (C=O) groups excluding carboxylic acids is 1. The first-order valence-electron chi connectivity index (χ1n) is 7.13. The quantitative estimate of drug-likeness (QED) is 0.785. The maximum atomic E-state index is 12.5. The number of aromatic nitrogens is 1. The van der Waals surface area contributed by atoms with Crippen LogP contribution in [0, 0.1) is 0 Å². The Labute approximate surface area is 120 Å². The molecule has 1 fully saturated rings. The van der Waals surface area contributed by atoms with Gasteiger partial charge in [0.05, 0.1) is 6.10 Å². The van der Waals surface area contributed by atoms with Crippen LogP contribution in [0.4, 0.5) is 0 Å². The van der Waals surface area contributed by atoms with Crippen LogP contribution in [0.5, 0.6) is 0 Å². The van der Waals surface area contributed by atoms with E-state index in [1.807, 2.05) is 31.1 Å². The Bertz CT molecular complexity index is 416. The largest absolute Gasteiger partial charge is 0.376 e. The summed E-state index contributed by atoms with van der Waals surface area (Å²) < 4.78 is 5.65. The molecule has 0 saturated carbocycles. The SMILES string of the molecule is CN(C)CCN(C[C@@H]1CCCO1)C(=O)c1ccccn1. The normalized spacial score (nSPS) is 18.4. The fourth-order valence-corrected chi connectivity index (χ4v) is 2.28. The van der Waals surface area contributed by atoms with Gasteiger partial charge in [-0.2, -0.15) is 0 Å². The second-order valence-corrected chi connectivity index (χ2v) is 5.40. The van der Waals surface area contributed by atoms with Crippen LogP contribution in [0.3, 0.4) is 0 Å². The van der Waals surface area contributed by atoms with Gasteiger partial charge in [-0.1, -0.05) is 6.07 Å². The standard InChI is InChI=1S/C15H23N3O2/c1-17(2)9-10-18(12-13-6-5-11-20-13)15(19)14-7-3-4-8-16-14/h3-4,7-8,13H,5-6,9-12H2,1-2H3/t13-/m0/s1. The fraction of sp³-hybridized carbons (Fsp3) is 0.600. The summed E-state index contributed by atoms with van der Waals surface area (Å²) in [5.41, 5.74) is 0.504. The van der Waals surface area contributed by atoms with E-state index in [-0.39, 0.29) is 12.0 Å². The van der Waals surface area contributed by atoms with Crippen LogP contribution >= 0.6 is 0 Å². The summed E-state index contributed by atoms with van der Waals surface area (Å²) in [6, 6.07) is 5.43. The summed E-state index contributed by atoms with van der Waals surface area (Å²) in [4.78, 5) is 20.6. The highest BCUT2D eigenvalue weighted by Gasteiger charge is 2.23. The molecule has 1 aromatic rings. The van der Waals surface area contributed by atoms with Crippen LogP contribution in [0.25, 0.3) is 0 Å². The summed E-state index contributed by atoms with van der Waals surface area (Å²) in [7, 11) is 4.02. The number of hydrogen-bond acceptors (Lipinski definition) is 4. The van der Waals surface area contributed by atoms with Crippen molar-refractivity contribution < 1.29 is 9.53 Å². The highest BCUT2D eigenvalue weighted by molar-refractivity contribution is 5.92. The minimum atomic E-state index is -0.0112. The number of nitrogens with zero attached hydrogens (tertiary/aromatic N) is 3. The van der Waals surface area contributed by atoms with E-state index in [1.165, 1.54) is 0 Å². The topological polar surface area (TPSA) is 45.7 Å². The Morgan fingerprint density at radius 1 is 1.40 bits per heavy atom. The van der Waals surface area contributed by atoms with Crippen molar-refractivity contribution in [2.45, 2.75) is 18.9 Å². The van der Waals surface area contributed by atoms with Gasteiger partial charge in [-0.25, -0.2) is 0 Å². The lowest BCUT2D eigenvalue weighted by atomic mass is 10.2. The van der Waals surface area contributed by atoms with Crippen LogP contribution < -0.4 is 0 Å². The third-order valence-corrected chi connectivity index (χ3v) is 3.44. The molecule has 2 heterocycles. The molecule has 1 aliphatic heterocycles. The number of hydrogen-bond donors (Lipinski definition) is 0. The van der Waals surface area contributed by atoms with Gasteiger partial charge < -0.3 is 14.5 Å². The third kappa shape index (κ3) is 4.28. The molecule has 2 rings (SSSR count). The van der Waals surface area contributed by atoms with Gasteiger partial charge >= 0.3 is 0 Å². The molecule has 5 heteroatoms. The van der Waals surface area contributed by atoms with Crippen molar-refractivity contribution >= 4 is 5.91 Å². The number of ether oxygens (including phenoxy) is 1. The van der Waals surface area contributed by atoms with E-state index >= 15 is 0 Å². The van der Waals surface area contributed by atoms with Crippen molar-refractivity contribution in [2.24, 2.45) is 0 Å². The first-order chi connectivity index (χ1) is 9.66. The predicted octanol–water partition coefficient (Wildman–Crippen LogP) is 1.26. The van der Waals surface area contributed by atoms with Crippen LogP contribution in [-0.4, -0.2) is 67.1 Å². The molecule has 1 atom stereocenters. The molecule has 1 amide bonds. The third-order valence-electron chi connectivity index (χ3n) is 3.44. The summed E-state index contributed by atoms with van der Waals surface area (Å²) >= 11 is 0. The van der Waals surface area contributed by atoms with E-state index in [0.29, 0.717) is 18.8 Å². The summed E-state index contributed by atoms with van der Waals surface area (Å²) in [6.45, 7) is 3.00. The zero-order chi connectivity index (χ0) is 14.4. The number of amides is 1. The van der Waals surface area contributed by atoms with Gasteiger partial charge in [0.2, 0.25) is 0 Å². The van der Waals surface area contributed by atoms with Crippen molar-refractivity contribution in [2.75, 3.05) is 40.3 Å². The average Bonchev–Trinajstić information content (AvgIpc) is 2.96. The molecule has 0 aliphatic carbocycles. The molecule has 0 spiro atoms. The summed E-state index contributed by atoms with van der Waals surface area (Å²) in [5, 5.41) is 0. The Hall–Kier alpha value is -1.46. The number of rotatable bonds is 6. The Morgan fingerprint density at radius 3 is 2.85 bits per heavy atom. The molecule has 110 valence electrons. The highest BCUT2D eigenvalue weighted by atomic mass is 16.5. The van der Waals surface area contributed by atoms with Crippen molar-refractivity contribution in [1.82, 2.24) is 14.8 Å². The van der Waals surface area contributed by atoms with Gasteiger partial charge in [0.1, 0.15) is 5.69 Å². The number of pyridine rings is 1. The molecule has 1 aromatic heterocycles. The number of carbonyl (C=O) groups is 1. The predicted molar refractivity (Wildman–Crippen MR) is 77.7 cm³/mol. The summed E-state index contributed by atoms with van der Waals surface area (Å²) in [5.74, 6) is -0.0112. The first kappa shape index (κ1) is 14.9. The smallest absolute Gasteiger partial charge is 0.272 e. The maximum Gasteiger partial charge on any atom is 0.272 e. The van der Waals surface area contributed by atoms with Crippen molar-refractivity contribution in [1.29, 1.82) is 0 Å². The lowest BCUT2D eigenvalue weighted by Crippen LogP contribution is -2.41. The van der Waals surface area contributed by atoms with E-state index in [0.717, 1.165) is 26.0 Å². The monoisotopic (exact) mass is 277 g/mol.